The van der Waals surface area contributed by atoms with Crippen molar-refractivity contribution in [1.29, 1.82) is 0 Å². The summed E-state index contributed by atoms with van der Waals surface area (Å²) >= 11 is 1.29. The highest BCUT2D eigenvalue weighted by molar-refractivity contribution is 7.99. The van der Waals surface area contributed by atoms with Gasteiger partial charge in [-0.2, -0.15) is 0 Å². The first-order valence-electron chi connectivity index (χ1n) is 4.98. The van der Waals surface area contributed by atoms with E-state index in [4.69, 9.17) is 10.9 Å². The molecule has 0 spiro atoms. The van der Waals surface area contributed by atoms with Gasteiger partial charge in [-0.25, -0.2) is 18.5 Å². The Kier molecular flexibility index (Phi) is 3.55. The molecule has 0 atom stereocenters. The van der Waals surface area contributed by atoms with Crippen LogP contribution in [0.25, 0.3) is 0 Å². The van der Waals surface area contributed by atoms with Gasteiger partial charge in [-0.1, -0.05) is 17.8 Å². The SMILES string of the molecule is Nc1ccc(S(N)(=O)=O)cc1Sc1ccccn1. The summed E-state index contributed by atoms with van der Waals surface area (Å²) in [6.07, 6.45) is 1.65. The number of aromatic nitrogens is 1. The number of nitrogens with zero attached hydrogens (tertiary/aromatic N) is 1. The van der Waals surface area contributed by atoms with E-state index in [0.717, 1.165) is 5.03 Å². The molecule has 4 N–H and O–H groups in total. The molecule has 0 saturated carbocycles. The molecule has 0 radical (unpaired) electrons. The third-order valence-electron chi connectivity index (χ3n) is 2.17. The number of hydrogen-bond acceptors (Lipinski definition) is 5. The first-order valence-corrected chi connectivity index (χ1v) is 7.34. The fourth-order valence-corrected chi connectivity index (χ4v) is 2.77. The molecule has 18 heavy (non-hydrogen) atoms. The molecule has 0 unspecified atom stereocenters. The van der Waals surface area contributed by atoms with Gasteiger partial charge in [0.2, 0.25) is 10.0 Å². The average Bonchev–Trinajstić information content (AvgIpc) is 2.32. The minimum Gasteiger partial charge on any atom is -0.398 e. The number of hydrogen-bond donors (Lipinski definition) is 2. The van der Waals surface area contributed by atoms with Crippen molar-refractivity contribution < 1.29 is 8.42 Å². The quantitative estimate of drug-likeness (QED) is 0.830. The van der Waals surface area contributed by atoms with Crippen LogP contribution in [0.15, 0.2) is 57.4 Å². The van der Waals surface area contributed by atoms with Crippen LogP contribution < -0.4 is 10.9 Å². The molecule has 0 aliphatic heterocycles. The van der Waals surface area contributed by atoms with Crippen LogP contribution in [-0.2, 0) is 10.0 Å². The average molecular weight is 281 g/mol. The van der Waals surface area contributed by atoms with E-state index in [2.05, 4.69) is 4.98 Å². The Morgan fingerprint density at radius 2 is 1.94 bits per heavy atom. The van der Waals surface area contributed by atoms with Crippen molar-refractivity contribution in [3.8, 4) is 0 Å². The van der Waals surface area contributed by atoms with Crippen molar-refractivity contribution in [3.63, 3.8) is 0 Å². The molecule has 94 valence electrons. The van der Waals surface area contributed by atoms with E-state index >= 15 is 0 Å². The van der Waals surface area contributed by atoms with Crippen LogP contribution in [-0.4, -0.2) is 13.4 Å². The molecular weight excluding hydrogens is 270 g/mol. The summed E-state index contributed by atoms with van der Waals surface area (Å²) in [5.74, 6) is 0. The van der Waals surface area contributed by atoms with E-state index in [-0.39, 0.29) is 4.90 Å². The highest BCUT2D eigenvalue weighted by atomic mass is 32.2. The van der Waals surface area contributed by atoms with Crippen molar-refractivity contribution in [1.82, 2.24) is 4.98 Å². The number of benzene rings is 1. The lowest BCUT2D eigenvalue weighted by atomic mass is 10.3. The fraction of sp³-hybridized carbons (Fsp3) is 0. The van der Waals surface area contributed by atoms with E-state index in [9.17, 15) is 8.42 Å². The topological polar surface area (TPSA) is 99.1 Å². The van der Waals surface area contributed by atoms with Gasteiger partial charge in [0.25, 0.3) is 0 Å². The first-order chi connectivity index (χ1) is 8.47. The molecule has 0 amide bonds. The molecular formula is C11H11N3O2S2. The van der Waals surface area contributed by atoms with Gasteiger partial charge in [0.15, 0.2) is 0 Å². The maximum atomic E-state index is 11.3. The highest BCUT2D eigenvalue weighted by Gasteiger charge is 2.11. The minimum absolute atomic E-state index is 0.0372. The second-order valence-corrected chi connectivity index (χ2v) is 6.14. The van der Waals surface area contributed by atoms with E-state index in [0.29, 0.717) is 10.6 Å². The fourth-order valence-electron chi connectivity index (χ4n) is 1.30. The third-order valence-corrected chi connectivity index (χ3v) is 4.10. The number of nitrogen functional groups attached to an aromatic ring is 1. The molecule has 1 aromatic heterocycles. The van der Waals surface area contributed by atoms with Crippen LogP contribution in [0.5, 0.6) is 0 Å². The number of rotatable bonds is 3. The van der Waals surface area contributed by atoms with Crippen molar-refractivity contribution in [3.05, 3.63) is 42.6 Å². The molecule has 0 fully saturated rings. The standard InChI is InChI=1S/C11H11N3O2S2/c12-9-5-4-8(18(13,15)16)7-10(9)17-11-3-1-2-6-14-11/h1-7H,12H2,(H2,13,15,16). The van der Waals surface area contributed by atoms with Gasteiger partial charge in [0.1, 0.15) is 5.03 Å². The summed E-state index contributed by atoms with van der Waals surface area (Å²) in [5, 5.41) is 5.81. The Labute approximate surface area is 109 Å². The molecule has 1 heterocycles. The Hall–Kier alpha value is -1.57. The van der Waals surface area contributed by atoms with Gasteiger partial charge in [0.05, 0.1) is 4.90 Å². The Balaban J connectivity index is 2.39. The number of sulfonamides is 1. The van der Waals surface area contributed by atoms with Crippen molar-refractivity contribution >= 4 is 27.5 Å². The summed E-state index contributed by atoms with van der Waals surface area (Å²) in [6, 6.07) is 9.80. The third kappa shape index (κ3) is 3.00. The maximum absolute atomic E-state index is 11.3. The summed E-state index contributed by atoms with van der Waals surface area (Å²) in [6.45, 7) is 0. The predicted molar refractivity (Wildman–Crippen MR) is 70.6 cm³/mol. The van der Waals surface area contributed by atoms with E-state index in [1.807, 2.05) is 12.1 Å². The number of anilines is 1. The van der Waals surface area contributed by atoms with Gasteiger partial charge >= 0.3 is 0 Å². The van der Waals surface area contributed by atoms with Crippen molar-refractivity contribution in [2.45, 2.75) is 14.8 Å². The smallest absolute Gasteiger partial charge is 0.238 e. The predicted octanol–water partition coefficient (Wildman–Crippen LogP) is 1.46. The lowest BCUT2D eigenvalue weighted by molar-refractivity contribution is 0.597. The monoisotopic (exact) mass is 281 g/mol. The molecule has 0 aliphatic carbocycles. The van der Waals surface area contributed by atoms with Crippen LogP contribution in [0.1, 0.15) is 0 Å². The van der Waals surface area contributed by atoms with Crippen LogP contribution in [0.2, 0.25) is 0 Å². The zero-order valence-electron chi connectivity index (χ0n) is 9.28. The maximum Gasteiger partial charge on any atom is 0.238 e. The van der Waals surface area contributed by atoms with Gasteiger partial charge in [0, 0.05) is 16.8 Å². The van der Waals surface area contributed by atoms with Crippen molar-refractivity contribution in [2.75, 3.05) is 5.73 Å². The molecule has 0 aliphatic rings. The summed E-state index contributed by atoms with van der Waals surface area (Å²) in [7, 11) is -3.72. The van der Waals surface area contributed by atoms with E-state index in [1.165, 1.54) is 30.0 Å². The summed E-state index contributed by atoms with van der Waals surface area (Å²) < 4.78 is 22.5. The normalized spacial score (nSPS) is 11.4. The van der Waals surface area contributed by atoms with Gasteiger partial charge in [-0.3, -0.25) is 0 Å². The van der Waals surface area contributed by atoms with Crippen LogP contribution in [0.3, 0.4) is 0 Å². The highest BCUT2D eigenvalue weighted by Crippen LogP contribution is 2.32. The molecule has 0 saturated heterocycles. The van der Waals surface area contributed by atoms with Crippen LogP contribution in [0, 0.1) is 0 Å². The summed E-state index contributed by atoms with van der Waals surface area (Å²) in [4.78, 5) is 4.78. The summed E-state index contributed by atoms with van der Waals surface area (Å²) in [5.41, 5.74) is 6.28. The molecule has 1 aromatic carbocycles. The van der Waals surface area contributed by atoms with E-state index < -0.39 is 10.0 Å². The lowest BCUT2D eigenvalue weighted by Crippen LogP contribution is -2.12. The molecule has 0 bridgehead atoms. The minimum atomic E-state index is -3.72. The van der Waals surface area contributed by atoms with Gasteiger partial charge < -0.3 is 5.73 Å². The first kappa shape index (κ1) is 12.9. The van der Waals surface area contributed by atoms with Gasteiger partial charge in [-0.15, -0.1) is 0 Å². The Morgan fingerprint density at radius 1 is 1.17 bits per heavy atom. The van der Waals surface area contributed by atoms with Gasteiger partial charge in [-0.05, 0) is 30.3 Å². The molecule has 2 rings (SSSR count). The number of pyridine rings is 1. The van der Waals surface area contributed by atoms with E-state index in [1.54, 1.807) is 12.3 Å². The molecule has 7 heteroatoms. The number of nitrogens with two attached hydrogens (primary N) is 2. The zero-order valence-corrected chi connectivity index (χ0v) is 10.9. The lowest BCUT2D eigenvalue weighted by Gasteiger charge is -2.06. The largest absolute Gasteiger partial charge is 0.398 e. The van der Waals surface area contributed by atoms with Crippen molar-refractivity contribution in [2.24, 2.45) is 5.14 Å². The number of primary sulfonamides is 1. The Bertz CT molecular complexity index is 657. The van der Waals surface area contributed by atoms with Crippen LogP contribution in [0.4, 0.5) is 5.69 Å². The zero-order chi connectivity index (χ0) is 13.2. The van der Waals surface area contributed by atoms with Crippen LogP contribution >= 0.6 is 11.8 Å². The second kappa shape index (κ2) is 4.97. The Morgan fingerprint density at radius 3 is 2.56 bits per heavy atom. The molecule has 5 nitrogen and oxygen atoms in total. The molecule has 2 aromatic rings. The second-order valence-electron chi connectivity index (χ2n) is 3.51.